The summed E-state index contributed by atoms with van der Waals surface area (Å²) in [5.74, 6) is -0.704. The molecule has 0 saturated carbocycles. The number of carbonyl (C=O) groups excluding carboxylic acids is 2. The van der Waals surface area contributed by atoms with Gasteiger partial charge in [0.05, 0.1) is 12.3 Å². The van der Waals surface area contributed by atoms with Gasteiger partial charge in [-0.25, -0.2) is 4.39 Å². The highest BCUT2D eigenvalue weighted by Crippen LogP contribution is 2.25. The molecule has 1 heterocycles. The third-order valence-corrected chi connectivity index (χ3v) is 3.43. The maximum atomic E-state index is 13.4. The molecule has 0 aromatic heterocycles. The molecule has 2 amide bonds. The summed E-state index contributed by atoms with van der Waals surface area (Å²) in [4.78, 5) is 23.7. The van der Waals surface area contributed by atoms with Gasteiger partial charge in [-0.15, -0.1) is 0 Å². The number of nitrogens with zero attached hydrogens (tertiary/aromatic N) is 1. The number of imide groups is 1. The highest BCUT2D eigenvalue weighted by molar-refractivity contribution is 8.14. The highest BCUT2D eigenvalue weighted by Gasteiger charge is 2.30. The van der Waals surface area contributed by atoms with Crippen molar-refractivity contribution in [3.63, 3.8) is 0 Å². The lowest BCUT2D eigenvalue weighted by Crippen LogP contribution is -2.28. The number of benzene rings is 1. The van der Waals surface area contributed by atoms with Crippen molar-refractivity contribution in [3.8, 4) is 0 Å². The Labute approximate surface area is 101 Å². The molecular formula is C10H7ClFNO2S. The molecule has 0 bridgehead atoms. The second-order valence-corrected chi connectivity index (χ2v) is 4.57. The van der Waals surface area contributed by atoms with E-state index in [1.165, 1.54) is 18.2 Å². The minimum atomic E-state index is -0.509. The fourth-order valence-electron chi connectivity index (χ4n) is 1.38. The minimum absolute atomic E-state index is 0.101. The van der Waals surface area contributed by atoms with E-state index >= 15 is 0 Å². The highest BCUT2D eigenvalue weighted by atomic mass is 35.5. The molecule has 0 unspecified atom stereocenters. The summed E-state index contributed by atoms with van der Waals surface area (Å²) in [6, 6.07) is 4.25. The van der Waals surface area contributed by atoms with Gasteiger partial charge in [-0.3, -0.25) is 14.5 Å². The molecule has 1 aromatic rings. The lowest BCUT2D eigenvalue weighted by molar-refractivity contribution is -0.125. The Bertz CT molecular complexity index is 430. The third-order valence-electron chi connectivity index (χ3n) is 2.22. The number of hydrogen-bond donors (Lipinski definition) is 0. The van der Waals surface area contributed by atoms with Gasteiger partial charge in [0.1, 0.15) is 5.82 Å². The van der Waals surface area contributed by atoms with E-state index in [1.54, 1.807) is 0 Å². The second kappa shape index (κ2) is 4.43. The van der Waals surface area contributed by atoms with Crippen LogP contribution < -0.4 is 0 Å². The summed E-state index contributed by atoms with van der Waals surface area (Å²) in [7, 11) is 0. The zero-order valence-electron chi connectivity index (χ0n) is 8.07. The first kappa shape index (κ1) is 11.4. The molecule has 1 fully saturated rings. The molecule has 0 spiro atoms. The molecule has 1 aromatic carbocycles. The van der Waals surface area contributed by atoms with Gasteiger partial charge in [-0.05, 0) is 12.1 Å². The van der Waals surface area contributed by atoms with Crippen LogP contribution >= 0.6 is 23.4 Å². The van der Waals surface area contributed by atoms with Crippen LogP contribution in [-0.4, -0.2) is 21.8 Å². The number of amides is 2. The van der Waals surface area contributed by atoms with Gasteiger partial charge in [0.2, 0.25) is 5.91 Å². The van der Waals surface area contributed by atoms with Crippen LogP contribution in [0.2, 0.25) is 5.02 Å². The van der Waals surface area contributed by atoms with Crippen LogP contribution in [0.25, 0.3) is 0 Å². The number of hydrogen-bond acceptors (Lipinski definition) is 3. The first-order valence-corrected chi connectivity index (χ1v) is 5.86. The smallest absolute Gasteiger partial charge is 0.273 e. The average Bonchev–Trinajstić information content (AvgIpc) is 2.54. The lowest BCUT2D eigenvalue weighted by atomic mass is 10.2. The molecule has 0 N–H and O–H groups in total. The largest absolute Gasteiger partial charge is 0.289 e. The maximum Gasteiger partial charge on any atom is 0.289 e. The van der Waals surface area contributed by atoms with Gasteiger partial charge in [-0.2, -0.15) is 0 Å². The molecule has 1 saturated heterocycles. The summed E-state index contributed by atoms with van der Waals surface area (Å²) >= 11 is 6.72. The average molecular weight is 260 g/mol. The minimum Gasteiger partial charge on any atom is -0.273 e. The van der Waals surface area contributed by atoms with Gasteiger partial charge >= 0.3 is 0 Å². The fraction of sp³-hybridized carbons (Fsp3) is 0.200. The van der Waals surface area contributed by atoms with E-state index in [9.17, 15) is 14.0 Å². The fourth-order valence-corrected chi connectivity index (χ4v) is 2.32. The Morgan fingerprint density at radius 1 is 1.44 bits per heavy atom. The van der Waals surface area contributed by atoms with E-state index in [1.807, 2.05) is 0 Å². The quantitative estimate of drug-likeness (QED) is 0.819. The van der Waals surface area contributed by atoms with Crippen molar-refractivity contribution in [3.05, 3.63) is 34.6 Å². The Kier molecular flexibility index (Phi) is 3.16. The van der Waals surface area contributed by atoms with Crippen molar-refractivity contribution in [2.24, 2.45) is 0 Å². The van der Waals surface area contributed by atoms with E-state index in [0.717, 1.165) is 16.7 Å². The number of thioether (sulfide) groups is 1. The van der Waals surface area contributed by atoms with Crippen molar-refractivity contribution in [1.29, 1.82) is 0 Å². The first-order chi connectivity index (χ1) is 7.59. The Balaban J connectivity index is 2.27. The van der Waals surface area contributed by atoms with Crippen molar-refractivity contribution >= 4 is 34.5 Å². The molecule has 0 atom stereocenters. The van der Waals surface area contributed by atoms with Crippen molar-refractivity contribution < 1.29 is 14.0 Å². The zero-order chi connectivity index (χ0) is 11.7. The van der Waals surface area contributed by atoms with Gasteiger partial charge in [0.15, 0.2) is 0 Å². The monoisotopic (exact) mass is 259 g/mol. The van der Waals surface area contributed by atoms with Crippen LogP contribution in [0.1, 0.15) is 5.56 Å². The second-order valence-electron chi connectivity index (χ2n) is 3.23. The molecule has 2 rings (SSSR count). The predicted molar refractivity (Wildman–Crippen MR) is 59.8 cm³/mol. The molecule has 1 aliphatic rings. The van der Waals surface area contributed by atoms with Crippen LogP contribution in [0.3, 0.4) is 0 Å². The number of halogens is 2. The number of rotatable bonds is 2. The number of carbonyl (C=O) groups is 2. The van der Waals surface area contributed by atoms with E-state index < -0.39 is 5.82 Å². The van der Waals surface area contributed by atoms with Gasteiger partial charge in [0.25, 0.3) is 5.24 Å². The standard InChI is InChI=1S/C10H7ClFNO2S/c11-7-2-1-3-8(12)6(7)4-13-9(14)5-16-10(13)15/h1-3H,4-5H2. The Hall–Kier alpha value is -1.07. The third kappa shape index (κ3) is 2.05. The molecule has 16 heavy (non-hydrogen) atoms. The van der Waals surface area contributed by atoms with E-state index in [2.05, 4.69) is 0 Å². The van der Waals surface area contributed by atoms with Crippen LogP contribution in [0, 0.1) is 5.82 Å². The summed E-state index contributed by atoms with van der Waals surface area (Å²) in [6.07, 6.45) is 0. The molecule has 6 heteroatoms. The topological polar surface area (TPSA) is 37.4 Å². The van der Waals surface area contributed by atoms with Crippen molar-refractivity contribution in [1.82, 2.24) is 4.90 Å². The zero-order valence-corrected chi connectivity index (χ0v) is 9.65. The van der Waals surface area contributed by atoms with Crippen LogP contribution in [-0.2, 0) is 11.3 Å². The van der Waals surface area contributed by atoms with E-state index in [0.29, 0.717) is 0 Å². The Morgan fingerprint density at radius 3 is 2.75 bits per heavy atom. The van der Waals surface area contributed by atoms with Crippen LogP contribution in [0.15, 0.2) is 18.2 Å². The molecule has 0 aliphatic carbocycles. The summed E-state index contributed by atoms with van der Waals surface area (Å²) in [6.45, 7) is -0.101. The maximum absolute atomic E-state index is 13.4. The summed E-state index contributed by atoms with van der Waals surface area (Å²) in [5.41, 5.74) is 0.174. The molecular weight excluding hydrogens is 253 g/mol. The van der Waals surface area contributed by atoms with E-state index in [4.69, 9.17) is 11.6 Å². The van der Waals surface area contributed by atoms with Gasteiger partial charge < -0.3 is 0 Å². The first-order valence-electron chi connectivity index (χ1n) is 4.49. The van der Waals surface area contributed by atoms with Crippen LogP contribution in [0.4, 0.5) is 9.18 Å². The van der Waals surface area contributed by atoms with Gasteiger partial charge in [-0.1, -0.05) is 29.4 Å². The summed E-state index contributed by atoms with van der Waals surface area (Å²) in [5, 5.41) is -0.137. The predicted octanol–water partition coefficient (Wildman–Crippen LogP) is 2.67. The summed E-state index contributed by atoms with van der Waals surface area (Å²) < 4.78 is 13.4. The van der Waals surface area contributed by atoms with E-state index in [-0.39, 0.29) is 34.0 Å². The molecule has 84 valence electrons. The van der Waals surface area contributed by atoms with Crippen LogP contribution in [0.5, 0.6) is 0 Å². The van der Waals surface area contributed by atoms with Gasteiger partial charge in [0, 0.05) is 10.6 Å². The lowest BCUT2D eigenvalue weighted by Gasteiger charge is -2.14. The normalized spacial score (nSPS) is 16.0. The molecule has 1 aliphatic heterocycles. The SMILES string of the molecule is O=C1CSC(=O)N1Cc1c(F)cccc1Cl. The van der Waals surface area contributed by atoms with Crippen molar-refractivity contribution in [2.75, 3.05) is 5.75 Å². The molecule has 0 radical (unpaired) electrons. The van der Waals surface area contributed by atoms with Crippen molar-refractivity contribution in [2.45, 2.75) is 6.54 Å². The molecule has 3 nitrogen and oxygen atoms in total. The Morgan fingerprint density at radius 2 is 2.19 bits per heavy atom.